The van der Waals surface area contributed by atoms with E-state index in [1.807, 2.05) is 37.3 Å². The largest absolute Gasteiger partial charge is 0.493 e. The number of benzene rings is 3. The van der Waals surface area contributed by atoms with Gasteiger partial charge in [-0.15, -0.1) is 0 Å². The molecule has 1 aliphatic heterocycles. The van der Waals surface area contributed by atoms with Gasteiger partial charge in [0.15, 0.2) is 16.7 Å². The summed E-state index contributed by atoms with van der Waals surface area (Å²) in [5, 5.41) is 14.1. The van der Waals surface area contributed by atoms with Crippen molar-refractivity contribution >= 4 is 40.3 Å². The van der Waals surface area contributed by atoms with E-state index < -0.39 is 4.92 Å². The molecule has 0 spiro atoms. The van der Waals surface area contributed by atoms with E-state index in [1.165, 1.54) is 31.0 Å². The van der Waals surface area contributed by atoms with Crippen LogP contribution in [0, 0.1) is 17.0 Å². The minimum absolute atomic E-state index is 0.0274. The Morgan fingerprint density at radius 2 is 1.85 bits per heavy atom. The zero-order chi connectivity index (χ0) is 24.1. The molecule has 1 amide bonds. The average Bonchev–Trinajstić information content (AvgIpc) is 3.18. The summed E-state index contributed by atoms with van der Waals surface area (Å²) < 4.78 is 11.3. The molecule has 1 N–H and O–H groups in total. The lowest BCUT2D eigenvalue weighted by Crippen LogP contribution is -2.19. The summed E-state index contributed by atoms with van der Waals surface area (Å²) in [7, 11) is 1.54. The van der Waals surface area contributed by atoms with Crippen LogP contribution in [0.2, 0.25) is 0 Å². The quantitative estimate of drug-likeness (QED) is 0.279. The highest BCUT2D eigenvalue weighted by Crippen LogP contribution is 2.33. The molecule has 1 aliphatic rings. The van der Waals surface area contributed by atoms with Gasteiger partial charge in [-0.05, 0) is 71.8 Å². The Bertz CT molecular complexity index is 1300. The smallest absolute Gasteiger partial charge is 0.269 e. The molecule has 0 saturated carbocycles. The van der Waals surface area contributed by atoms with Gasteiger partial charge in [0.05, 0.1) is 22.6 Å². The van der Waals surface area contributed by atoms with Crippen molar-refractivity contribution in [3.8, 4) is 11.5 Å². The standard InChI is InChI=1S/C25H21N3O5S/c1-16-5-3-4-6-20(16)26-25-27-24(29)23(34-25)14-18-9-12-21(22(13-18)32-2)33-15-17-7-10-19(11-8-17)28(30)31/h3-14H,15H2,1-2H3,(H,26,27,29). The lowest BCUT2D eigenvalue weighted by atomic mass is 10.2. The van der Waals surface area contributed by atoms with Crippen molar-refractivity contribution in [1.29, 1.82) is 0 Å². The number of rotatable bonds is 7. The maximum absolute atomic E-state index is 12.4. The van der Waals surface area contributed by atoms with Gasteiger partial charge in [-0.3, -0.25) is 14.9 Å². The number of para-hydroxylation sites is 1. The van der Waals surface area contributed by atoms with Crippen molar-refractivity contribution in [2.75, 3.05) is 7.11 Å². The molecule has 1 heterocycles. The molecule has 9 heteroatoms. The molecule has 3 aromatic rings. The number of nitrogens with zero attached hydrogens (tertiary/aromatic N) is 2. The molecule has 172 valence electrons. The molecule has 1 saturated heterocycles. The van der Waals surface area contributed by atoms with Crippen molar-refractivity contribution in [2.24, 2.45) is 4.99 Å². The van der Waals surface area contributed by atoms with Gasteiger partial charge in [-0.25, -0.2) is 4.99 Å². The SMILES string of the molecule is COc1cc(C=C2SC(=Nc3ccccc3C)NC2=O)ccc1OCc1ccc([N+](=O)[O-])cc1. The maximum Gasteiger partial charge on any atom is 0.269 e. The summed E-state index contributed by atoms with van der Waals surface area (Å²) in [4.78, 5) is 27.8. The topological polar surface area (TPSA) is 103 Å². The molecule has 0 unspecified atom stereocenters. The number of hydrogen-bond acceptors (Lipinski definition) is 7. The number of nitro groups is 1. The first kappa shape index (κ1) is 23.1. The molecule has 0 atom stereocenters. The second-order valence-electron chi connectivity index (χ2n) is 7.39. The maximum atomic E-state index is 12.4. The second kappa shape index (κ2) is 10.2. The molecule has 0 aromatic heterocycles. The fraction of sp³-hybridized carbons (Fsp3) is 0.120. The van der Waals surface area contributed by atoms with Crippen molar-refractivity contribution in [3.05, 3.63) is 98.4 Å². The Kier molecular flexibility index (Phi) is 6.93. The summed E-state index contributed by atoms with van der Waals surface area (Å²) in [6, 6.07) is 19.2. The van der Waals surface area contributed by atoms with Crippen LogP contribution in [-0.2, 0) is 11.4 Å². The van der Waals surface area contributed by atoms with Crippen LogP contribution in [0.1, 0.15) is 16.7 Å². The highest BCUT2D eigenvalue weighted by atomic mass is 32.2. The number of amides is 1. The molecular formula is C25H21N3O5S. The summed E-state index contributed by atoms with van der Waals surface area (Å²) in [6.07, 6.45) is 1.77. The van der Waals surface area contributed by atoms with E-state index in [2.05, 4.69) is 10.3 Å². The van der Waals surface area contributed by atoms with E-state index in [1.54, 1.807) is 30.3 Å². The van der Waals surface area contributed by atoms with Gasteiger partial charge in [0.25, 0.3) is 11.6 Å². The number of nitro benzene ring substituents is 1. The van der Waals surface area contributed by atoms with E-state index in [0.29, 0.717) is 21.6 Å². The number of aliphatic imine (C=N–C) groups is 1. The molecule has 0 radical (unpaired) electrons. The van der Waals surface area contributed by atoms with Crippen LogP contribution in [0.25, 0.3) is 6.08 Å². The van der Waals surface area contributed by atoms with Gasteiger partial charge >= 0.3 is 0 Å². The third-order valence-corrected chi connectivity index (χ3v) is 5.93. The average molecular weight is 476 g/mol. The number of non-ortho nitro benzene ring substituents is 1. The third kappa shape index (κ3) is 5.44. The van der Waals surface area contributed by atoms with Gasteiger partial charge in [0.2, 0.25) is 0 Å². The summed E-state index contributed by atoms with van der Waals surface area (Å²) in [5.41, 5.74) is 3.42. The van der Waals surface area contributed by atoms with Crippen LogP contribution in [0.15, 0.2) is 76.6 Å². The highest BCUT2D eigenvalue weighted by Gasteiger charge is 2.24. The molecule has 1 fully saturated rings. The monoisotopic (exact) mass is 475 g/mol. The second-order valence-corrected chi connectivity index (χ2v) is 8.42. The van der Waals surface area contributed by atoms with Crippen LogP contribution in [-0.4, -0.2) is 23.1 Å². The van der Waals surface area contributed by atoms with Gasteiger partial charge in [0.1, 0.15) is 6.61 Å². The van der Waals surface area contributed by atoms with Crippen molar-refractivity contribution in [1.82, 2.24) is 5.32 Å². The van der Waals surface area contributed by atoms with Crippen LogP contribution in [0.3, 0.4) is 0 Å². The Morgan fingerprint density at radius 3 is 2.56 bits per heavy atom. The first-order valence-corrected chi connectivity index (χ1v) is 11.1. The Morgan fingerprint density at radius 1 is 1.09 bits per heavy atom. The lowest BCUT2D eigenvalue weighted by molar-refractivity contribution is -0.384. The third-order valence-electron chi connectivity index (χ3n) is 5.02. The predicted octanol–water partition coefficient (Wildman–Crippen LogP) is 5.38. The molecule has 34 heavy (non-hydrogen) atoms. The minimum atomic E-state index is -0.443. The molecule has 4 rings (SSSR count). The molecule has 0 aliphatic carbocycles. The van der Waals surface area contributed by atoms with E-state index in [-0.39, 0.29) is 18.2 Å². The number of hydrogen-bond donors (Lipinski definition) is 1. The van der Waals surface area contributed by atoms with Gasteiger partial charge < -0.3 is 14.8 Å². The number of amidine groups is 1. The summed E-state index contributed by atoms with van der Waals surface area (Å²) in [6.45, 7) is 2.20. The summed E-state index contributed by atoms with van der Waals surface area (Å²) in [5.74, 6) is 0.816. The molecule has 3 aromatic carbocycles. The Hall–Kier alpha value is -4.11. The van der Waals surface area contributed by atoms with Crippen LogP contribution in [0.4, 0.5) is 11.4 Å². The summed E-state index contributed by atoms with van der Waals surface area (Å²) >= 11 is 1.28. The lowest BCUT2D eigenvalue weighted by Gasteiger charge is -2.11. The molecule has 0 bridgehead atoms. The number of methoxy groups -OCH3 is 1. The van der Waals surface area contributed by atoms with E-state index in [0.717, 1.165) is 22.4 Å². The van der Waals surface area contributed by atoms with Crippen LogP contribution in [0.5, 0.6) is 11.5 Å². The van der Waals surface area contributed by atoms with Crippen LogP contribution < -0.4 is 14.8 Å². The van der Waals surface area contributed by atoms with E-state index in [9.17, 15) is 14.9 Å². The number of carbonyl (C=O) groups is 1. The van der Waals surface area contributed by atoms with Crippen molar-refractivity contribution < 1.29 is 19.2 Å². The Balaban J connectivity index is 1.47. The normalized spacial score (nSPS) is 15.4. The van der Waals surface area contributed by atoms with Gasteiger partial charge in [-0.2, -0.15) is 0 Å². The Labute approximate surface area is 200 Å². The first-order valence-electron chi connectivity index (χ1n) is 10.3. The van der Waals surface area contributed by atoms with Gasteiger partial charge in [0, 0.05) is 12.1 Å². The van der Waals surface area contributed by atoms with Crippen molar-refractivity contribution in [3.63, 3.8) is 0 Å². The van der Waals surface area contributed by atoms with Gasteiger partial charge in [-0.1, -0.05) is 24.3 Å². The zero-order valence-electron chi connectivity index (χ0n) is 18.5. The molecule has 8 nitrogen and oxygen atoms in total. The van der Waals surface area contributed by atoms with Crippen molar-refractivity contribution in [2.45, 2.75) is 13.5 Å². The first-order chi connectivity index (χ1) is 16.4. The highest BCUT2D eigenvalue weighted by molar-refractivity contribution is 8.18. The number of nitrogens with one attached hydrogen (secondary N) is 1. The number of aryl methyl sites for hydroxylation is 1. The fourth-order valence-electron chi connectivity index (χ4n) is 3.20. The van der Waals surface area contributed by atoms with Crippen LogP contribution >= 0.6 is 11.8 Å². The zero-order valence-corrected chi connectivity index (χ0v) is 19.3. The molecular weight excluding hydrogens is 454 g/mol. The van der Waals surface area contributed by atoms with E-state index >= 15 is 0 Å². The predicted molar refractivity (Wildman–Crippen MR) is 132 cm³/mol. The number of thioether (sulfide) groups is 1. The number of ether oxygens (including phenoxy) is 2. The fourth-order valence-corrected chi connectivity index (χ4v) is 4.03. The minimum Gasteiger partial charge on any atom is -0.493 e. The van der Waals surface area contributed by atoms with E-state index in [4.69, 9.17) is 9.47 Å². The number of carbonyl (C=O) groups excluding carboxylic acids is 1.